The van der Waals surface area contributed by atoms with Crippen LogP contribution in [0.1, 0.15) is 105 Å². The Morgan fingerprint density at radius 2 is 0.748 bits per heavy atom. The first-order chi connectivity index (χ1) is 55.2. The first-order valence-electron chi connectivity index (χ1n) is 37.0. The molecule has 628 valence electrons. The van der Waals surface area contributed by atoms with Crippen LogP contribution in [-0.2, 0) is 113 Å². The molecule has 119 heavy (non-hydrogen) atoms. The molecule has 0 saturated carbocycles. The third-order valence-corrected chi connectivity index (χ3v) is 25.4. The van der Waals surface area contributed by atoms with Gasteiger partial charge in [0.2, 0.25) is 30.1 Å². The molecule has 0 bridgehead atoms. The number of halogens is 5. The Labute approximate surface area is 716 Å². The van der Waals surface area contributed by atoms with Crippen molar-refractivity contribution >= 4 is 122 Å². The summed E-state index contributed by atoms with van der Waals surface area (Å²) in [6.45, 7) is 14.3. The van der Waals surface area contributed by atoms with Crippen LogP contribution < -0.4 is 55.7 Å². The molecular formula is C85H93BBrClF3LiN6O18S3. The number of carboxylic acid groups (broad SMARTS) is 1. The van der Waals surface area contributed by atoms with E-state index in [2.05, 4.69) is 15.9 Å². The first-order valence-corrected chi connectivity index (χ1v) is 42.3. The number of carboxylic acids is 1. The summed E-state index contributed by atoms with van der Waals surface area (Å²) in [6, 6.07) is 51.4. The van der Waals surface area contributed by atoms with Crippen molar-refractivity contribution < 1.29 is 116 Å². The van der Waals surface area contributed by atoms with Gasteiger partial charge in [0.05, 0.1) is 64.8 Å². The maximum atomic E-state index is 15.4. The van der Waals surface area contributed by atoms with Gasteiger partial charge in [-0.2, -0.15) is 0 Å². The van der Waals surface area contributed by atoms with Gasteiger partial charge in [-0.25, -0.2) is 50.3 Å². The molecule has 9 aromatic carbocycles. The van der Waals surface area contributed by atoms with Crippen molar-refractivity contribution in [3.63, 3.8) is 0 Å². The van der Waals surface area contributed by atoms with Crippen LogP contribution in [0, 0.1) is 17.5 Å². The van der Waals surface area contributed by atoms with E-state index in [4.69, 9.17) is 50.9 Å². The largest absolute Gasteiger partial charge is 1.00 e. The van der Waals surface area contributed by atoms with Gasteiger partial charge in [0, 0.05) is 109 Å². The van der Waals surface area contributed by atoms with Crippen LogP contribution in [0.5, 0.6) is 17.2 Å². The van der Waals surface area contributed by atoms with Crippen LogP contribution in [0.2, 0.25) is 0 Å². The molecule has 12 rings (SSSR count). The number of para-hydroxylation sites is 3. The summed E-state index contributed by atoms with van der Waals surface area (Å²) in [6.07, 6.45) is 4.52. The molecule has 0 amide bonds. The van der Waals surface area contributed by atoms with Gasteiger partial charge in [-0.05, 0) is 156 Å². The third kappa shape index (κ3) is 23.7. The van der Waals surface area contributed by atoms with Crippen molar-refractivity contribution in [2.75, 3.05) is 13.2 Å². The van der Waals surface area contributed by atoms with Gasteiger partial charge in [-0.1, -0.05) is 125 Å². The van der Waals surface area contributed by atoms with E-state index in [0.29, 0.717) is 107 Å². The second-order valence-corrected chi connectivity index (χ2v) is 35.3. The zero-order valence-corrected chi connectivity index (χ0v) is 71.7. The number of rotatable bonds is 29. The number of carbonyl (C=O) groups excluding carboxylic acids is 2. The minimum atomic E-state index is -3.69. The summed E-state index contributed by atoms with van der Waals surface area (Å²) in [4.78, 5) is 35.1. The van der Waals surface area contributed by atoms with Crippen LogP contribution >= 0.6 is 28.3 Å². The summed E-state index contributed by atoms with van der Waals surface area (Å²) < 4.78 is 154. The van der Waals surface area contributed by atoms with Crippen molar-refractivity contribution in [3.8, 4) is 39.5 Å². The van der Waals surface area contributed by atoms with E-state index in [9.17, 15) is 49.1 Å². The average molecular weight is 1770 g/mol. The number of ether oxygens (including phenoxy) is 5. The molecule has 0 atom stereocenters. The van der Waals surface area contributed by atoms with E-state index >= 15 is 8.78 Å². The Kier molecular flexibility index (Phi) is 36.2. The second kappa shape index (κ2) is 44.0. The number of nitrogens with zero attached hydrogens (tertiary/aromatic N) is 3. The fourth-order valence-corrected chi connectivity index (χ4v) is 16.4. The molecule has 0 aliphatic heterocycles. The number of aromatic nitrogens is 3. The van der Waals surface area contributed by atoms with E-state index < -0.39 is 76.4 Å². The van der Waals surface area contributed by atoms with Crippen molar-refractivity contribution in [2.45, 2.75) is 130 Å². The standard InChI is InChI=1S/C29H31FN2O5S.C27H27FN2O5S.C22H24BrNO5S.C7H9BFNO2.ClH.Li.H2O/c1-4-36-28(33)16-21-8-5-6-11-27(21)37-18-20-14-25(24-10-7-9-22(17-31)29(24)30)23-12-13-32(26(23)15-20)38(34,35)19(2)3;1-17(2)36(33,34)30-11-10-21-23(22-8-5-7-20(15-29)27(22)28)12-18(13-24(21)30)16-35-25-9-4-3-6-19(25)14-26(31)32;1-4-28-22(25)13-17-7-5-6-8-21(17)29-14-16-11-19(23)18-9-10-24(20(18)12-16)30(26,27)15(2)3;9-7-5(4-10)2-1-3-6(7)8(11)12;;;/h5-15,19H,4,16-18,31H2,1-3H3;3-13,17H,14-16,29H2,1-2H3,(H,31,32);5-12,15H,4,13-14H2,1-3H3;1-3,11-12H,4,10H2;1H;;1H2/q;;;;;+1;/p-1. The third-order valence-electron chi connectivity index (χ3n) is 18.6. The van der Waals surface area contributed by atoms with E-state index in [0.717, 1.165) is 21.0 Å². The molecule has 24 nitrogen and oxygen atoms in total. The number of benzene rings is 9. The molecule has 34 heteroatoms. The molecular weight excluding hydrogens is 1680 g/mol. The molecule has 3 aromatic heterocycles. The number of esters is 2. The summed E-state index contributed by atoms with van der Waals surface area (Å²) >= 11 is 3.53. The van der Waals surface area contributed by atoms with Crippen molar-refractivity contribution in [2.24, 2.45) is 17.2 Å². The summed E-state index contributed by atoms with van der Waals surface area (Å²) in [5.41, 5.74) is 24.5. The Bertz CT molecular complexity index is 5920. The molecule has 0 saturated heterocycles. The zero-order chi connectivity index (χ0) is 84.5. The number of hydrogen-bond acceptors (Lipinski definition) is 20. The molecule has 0 fully saturated rings. The average Bonchev–Trinajstić information content (AvgIpc) is 1.65. The SMILES string of the molecule is CC(C)S(=O)(=O)n1ccc2c(-c3cccc(CN)c3F)cc(COc3ccccc3CC(=O)O)cc21.CCOC(=O)Cc1ccccc1OCc1cc(-c2cccc(CN)c2F)c2ccn(S(=O)(=O)C(C)C)c2c1.CCOC(=O)Cc1ccccc1OCc1cc(Br)c2ccn(S(=O)(=O)C(C)C)c2c1.Cl.NCc1cccc(B(O)O)c1F.[Li+].[OH-]. The van der Waals surface area contributed by atoms with E-state index in [1.54, 1.807) is 189 Å². The quantitative estimate of drug-likeness (QED) is 0.0187. The fraction of sp³-hybridized carbons (Fsp3) is 0.259. The van der Waals surface area contributed by atoms with E-state index in [-0.39, 0.29) is 125 Å². The van der Waals surface area contributed by atoms with Gasteiger partial charge in [0.25, 0.3) is 0 Å². The van der Waals surface area contributed by atoms with Crippen LogP contribution in [0.4, 0.5) is 13.2 Å². The number of hydrogen-bond donors (Lipinski definition) is 6. The van der Waals surface area contributed by atoms with Crippen molar-refractivity contribution in [3.05, 3.63) is 273 Å². The van der Waals surface area contributed by atoms with Crippen molar-refractivity contribution in [1.29, 1.82) is 0 Å². The van der Waals surface area contributed by atoms with Gasteiger partial charge in [-0.3, -0.25) is 14.4 Å². The first kappa shape index (κ1) is 98.1. The van der Waals surface area contributed by atoms with Crippen molar-refractivity contribution in [1.82, 2.24) is 11.9 Å². The maximum Gasteiger partial charge on any atom is 1.00 e. The Balaban J connectivity index is 0.000000256. The molecule has 0 unspecified atom stereocenters. The Morgan fingerprint density at radius 3 is 1.08 bits per heavy atom. The predicted octanol–water partition coefficient (Wildman–Crippen LogP) is 10.8. The maximum absolute atomic E-state index is 15.4. The number of nitrogens with two attached hydrogens (primary N) is 3. The number of fused-ring (bicyclic) bond motifs is 3. The summed E-state index contributed by atoms with van der Waals surface area (Å²) in [5, 5.41) is 26.7. The van der Waals surface area contributed by atoms with Crippen LogP contribution in [0.25, 0.3) is 55.0 Å². The molecule has 0 radical (unpaired) electrons. The Hall–Kier alpha value is -9.76. The predicted molar refractivity (Wildman–Crippen MR) is 456 cm³/mol. The number of carbonyl (C=O) groups is 3. The molecule has 0 spiro atoms. The molecule has 10 N–H and O–H groups in total. The smallest absolute Gasteiger partial charge is 0.870 e. The number of aliphatic carboxylic acids is 1. The fourth-order valence-electron chi connectivity index (χ4n) is 12.4. The monoisotopic (exact) mass is 1770 g/mol. The summed E-state index contributed by atoms with van der Waals surface area (Å²) in [7, 11) is -12.6. The second-order valence-electron chi connectivity index (χ2n) is 27.4. The van der Waals surface area contributed by atoms with E-state index in [1.807, 2.05) is 36.4 Å². The zero-order valence-electron chi connectivity index (χ0n) is 66.9. The van der Waals surface area contributed by atoms with Gasteiger partial charge >= 0.3 is 43.9 Å². The van der Waals surface area contributed by atoms with Crippen LogP contribution in [0.15, 0.2) is 205 Å². The van der Waals surface area contributed by atoms with Gasteiger partial charge < -0.3 is 61.5 Å². The summed E-state index contributed by atoms with van der Waals surface area (Å²) in [5.74, 6) is -1.72. The van der Waals surface area contributed by atoms with Crippen LogP contribution in [0.3, 0.4) is 0 Å². The molecule has 12 aromatic rings. The van der Waals surface area contributed by atoms with E-state index in [1.165, 1.54) is 42.5 Å². The van der Waals surface area contributed by atoms with Gasteiger partial charge in [0.1, 0.15) is 54.5 Å². The molecule has 0 aliphatic carbocycles. The molecule has 3 heterocycles. The minimum absolute atomic E-state index is 0. The van der Waals surface area contributed by atoms with Gasteiger partial charge in [-0.15, -0.1) is 12.4 Å². The van der Waals surface area contributed by atoms with Crippen LogP contribution in [-0.4, -0.2) is 112 Å². The normalized spacial score (nSPS) is 11.3. The minimum Gasteiger partial charge on any atom is -0.870 e. The Morgan fingerprint density at radius 1 is 0.437 bits per heavy atom. The van der Waals surface area contributed by atoms with Gasteiger partial charge in [0.15, 0.2) is 0 Å². The topological polar surface area (TPSA) is 383 Å². The molecule has 0 aliphatic rings.